The Balaban J connectivity index is 2.34. The lowest BCUT2D eigenvalue weighted by atomic mass is 9.93. The second-order valence-electron chi connectivity index (χ2n) is 5.13. The lowest BCUT2D eigenvalue weighted by molar-refractivity contribution is -0.285. The van der Waals surface area contributed by atoms with Gasteiger partial charge in [0.1, 0.15) is 0 Å². The second kappa shape index (κ2) is 7.21. The minimum Gasteiger partial charge on any atom is -0.378 e. The lowest BCUT2D eigenvalue weighted by Gasteiger charge is -2.24. The largest absolute Gasteiger partial charge is 0.453 e. The zero-order chi connectivity index (χ0) is 15.2. The predicted octanol–water partition coefficient (Wildman–Crippen LogP) is 4.45. The lowest BCUT2D eigenvalue weighted by Crippen LogP contribution is -2.36. The predicted molar refractivity (Wildman–Crippen MR) is 62.2 cm³/mol. The van der Waals surface area contributed by atoms with Gasteiger partial charge in [-0.25, -0.2) is 0 Å². The van der Waals surface area contributed by atoms with Crippen LogP contribution < -0.4 is 0 Å². The average Bonchev–Trinajstić information content (AvgIpc) is 2.39. The summed E-state index contributed by atoms with van der Waals surface area (Å²) in [4.78, 5) is 0. The quantitative estimate of drug-likeness (QED) is 0.679. The summed E-state index contributed by atoms with van der Waals surface area (Å²) >= 11 is 0. The first-order chi connectivity index (χ1) is 9.26. The normalized spacial score (nSPS) is 22.3. The molecular weight excluding hydrogens is 281 g/mol. The summed E-state index contributed by atoms with van der Waals surface area (Å²) in [5.41, 5.74) is 0. The van der Waals surface area contributed by atoms with E-state index in [0.717, 1.165) is 19.3 Å². The van der Waals surface area contributed by atoms with Crippen molar-refractivity contribution in [2.24, 2.45) is 5.92 Å². The molecule has 2 unspecified atom stereocenters. The molecule has 0 aromatic carbocycles. The fourth-order valence-electron chi connectivity index (χ4n) is 2.19. The molecular formula is C13H18F5NO. The van der Waals surface area contributed by atoms with Crippen LogP contribution in [0.25, 0.3) is 0 Å². The van der Waals surface area contributed by atoms with Crippen LogP contribution in [0.4, 0.5) is 22.0 Å². The van der Waals surface area contributed by atoms with E-state index in [2.05, 4.69) is 0 Å². The SMILES string of the molecule is N#CC(CCC1CCCCO1)CCC(F)(F)C(F)(F)F. The van der Waals surface area contributed by atoms with E-state index in [4.69, 9.17) is 10.00 Å². The number of nitriles is 1. The third kappa shape index (κ3) is 5.23. The Morgan fingerprint density at radius 2 is 1.85 bits per heavy atom. The van der Waals surface area contributed by atoms with Gasteiger partial charge in [0.05, 0.1) is 12.2 Å². The molecule has 1 aliphatic rings. The van der Waals surface area contributed by atoms with Gasteiger partial charge in [-0.1, -0.05) is 0 Å². The molecule has 0 aliphatic carbocycles. The van der Waals surface area contributed by atoms with Gasteiger partial charge in [0.25, 0.3) is 0 Å². The maximum Gasteiger partial charge on any atom is 0.453 e. The molecule has 7 heteroatoms. The van der Waals surface area contributed by atoms with Gasteiger partial charge in [-0.05, 0) is 38.5 Å². The zero-order valence-corrected chi connectivity index (χ0v) is 11.1. The first-order valence-corrected chi connectivity index (χ1v) is 6.72. The summed E-state index contributed by atoms with van der Waals surface area (Å²) in [6.07, 6.45) is -3.62. The first-order valence-electron chi connectivity index (χ1n) is 6.72. The van der Waals surface area contributed by atoms with Crippen LogP contribution in [0.3, 0.4) is 0 Å². The van der Waals surface area contributed by atoms with Gasteiger partial charge in [-0.15, -0.1) is 0 Å². The Kier molecular flexibility index (Phi) is 6.18. The molecule has 20 heavy (non-hydrogen) atoms. The van der Waals surface area contributed by atoms with Crippen LogP contribution in [0.2, 0.25) is 0 Å². The zero-order valence-electron chi connectivity index (χ0n) is 11.1. The molecule has 0 spiro atoms. The molecule has 0 radical (unpaired) electrons. The van der Waals surface area contributed by atoms with Crippen molar-refractivity contribution in [3.63, 3.8) is 0 Å². The van der Waals surface area contributed by atoms with E-state index in [1.165, 1.54) is 0 Å². The van der Waals surface area contributed by atoms with E-state index >= 15 is 0 Å². The topological polar surface area (TPSA) is 33.0 Å². The maximum atomic E-state index is 12.8. The standard InChI is InChI=1S/C13H18F5NO/c14-12(15,13(16,17)18)7-6-10(9-19)4-5-11-3-1-2-8-20-11/h10-11H,1-8H2. The number of halogens is 5. The van der Waals surface area contributed by atoms with E-state index in [1.807, 2.05) is 6.07 Å². The Hall–Kier alpha value is -0.900. The minimum absolute atomic E-state index is 0.00252. The highest BCUT2D eigenvalue weighted by molar-refractivity contribution is 4.86. The highest BCUT2D eigenvalue weighted by Crippen LogP contribution is 2.40. The average molecular weight is 299 g/mol. The Labute approximate surface area is 114 Å². The van der Waals surface area contributed by atoms with E-state index < -0.39 is 30.9 Å². The summed E-state index contributed by atoms with van der Waals surface area (Å²) in [5, 5.41) is 8.84. The molecule has 0 aromatic heterocycles. The molecule has 0 bridgehead atoms. The van der Waals surface area contributed by atoms with Crippen molar-refractivity contribution in [3.05, 3.63) is 0 Å². The smallest absolute Gasteiger partial charge is 0.378 e. The first kappa shape index (κ1) is 17.2. The van der Waals surface area contributed by atoms with Crippen molar-refractivity contribution in [2.45, 2.75) is 63.1 Å². The van der Waals surface area contributed by atoms with Gasteiger partial charge >= 0.3 is 12.1 Å². The molecule has 0 N–H and O–H groups in total. The van der Waals surface area contributed by atoms with Gasteiger partial charge in [0.15, 0.2) is 0 Å². The van der Waals surface area contributed by atoms with Crippen molar-refractivity contribution < 1.29 is 26.7 Å². The monoisotopic (exact) mass is 299 g/mol. The van der Waals surface area contributed by atoms with Crippen molar-refractivity contribution in [1.82, 2.24) is 0 Å². The second-order valence-corrected chi connectivity index (χ2v) is 5.13. The van der Waals surface area contributed by atoms with Crippen molar-refractivity contribution >= 4 is 0 Å². The Morgan fingerprint density at radius 3 is 2.35 bits per heavy atom. The van der Waals surface area contributed by atoms with E-state index in [-0.39, 0.29) is 6.10 Å². The molecule has 0 saturated carbocycles. The molecule has 1 rings (SSSR count). The minimum atomic E-state index is -5.54. The van der Waals surface area contributed by atoms with Crippen LogP contribution in [0.1, 0.15) is 44.9 Å². The number of hydrogen-bond acceptors (Lipinski definition) is 2. The molecule has 0 amide bonds. The van der Waals surface area contributed by atoms with Gasteiger partial charge in [0, 0.05) is 18.9 Å². The van der Waals surface area contributed by atoms with Crippen LogP contribution in [0, 0.1) is 17.2 Å². The number of hydrogen-bond donors (Lipinski definition) is 0. The number of ether oxygens (including phenoxy) is 1. The fraction of sp³-hybridized carbons (Fsp3) is 0.923. The third-order valence-electron chi connectivity index (χ3n) is 3.52. The number of alkyl halides is 5. The van der Waals surface area contributed by atoms with Gasteiger partial charge < -0.3 is 4.74 Å². The highest BCUT2D eigenvalue weighted by atomic mass is 19.4. The third-order valence-corrected chi connectivity index (χ3v) is 3.52. The van der Waals surface area contributed by atoms with Gasteiger partial charge in [-0.2, -0.15) is 27.2 Å². The van der Waals surface area contributed by atoms with Crippen LogP contribution in [-0.4, -0.2) is 24.8 Å². The Bertz CT molecular complexity index is 331. The summed E-state index contributed by atoms with van der Waals surface area (Å²) < 4.78 is 67.0. The van der Waals surface area contributed by atoms with Crippen LogP contribution in [0.5, 0.6) is 0 Å². The molecule has 2 nitrogen and oxygen atoms in total. The summed E-state index contributed by atoms with van der Waals surface area (Å²) in [6.45, 7) is 0.647. The summed E-state index contributed by atoms with van der Waals surface area (Å²) in [5.74, 6) is -5.50. The van der Waals surface area contributed by atoms with Crippen LogP contribution in [-0.2, 0) is 4.74 Å². The highest BCUT2D eigenvalue weighted by Gasteiger charge is 2.56. The fourth-order valence-corrected chi connectivity index (χ4v) is 2.19. The van der Waals surface area contributed by atoms with Crippen molar-refractivity contribution in [1.29, 1.82) is 5.26 Å². The van der Waals surface area contributed by atoms with E-state index in [0.29, 0.717) is 19.4 Å². The molecule has 2 atom stereocenters. The molecule has 1 aliphatic heterocycles. The van der Waals surface area contributed by atoms with Crippen LogP contribution in [0.15, 0.2) is 0 Å². The molecule has 116 valence electrons. The summed E-state index contributed by atoms with van der Waals surface area (Å²) in [6, 6.07) is 1.81. The maximum absolute atomic E-state index is 12.8. The summed E-state index contributed by atoms with van der Waals surface area (Å²) in [7, 11) is 0. The molecule has 1 heterocycles. The van der Waals surface area contributed by atoms with Gasteiger partial charge in [-0.3, -0.25) is 0 Å². The Morgan fingerprint density at radius 1 is 1.15 bits per heavy atom. The van der Waals surface area contributed by atoms with Crippen LogP contribution >= 0.6 is 0 Å². The van der Waals surface area contributed by atoms with Crippen molar-refractivity contribution in [2.75, 3.05) is 6.61 Å². The molecule has 0 aromatic rings. The van der Waals surface area contributed by atoms with Crippen molar-refractivity contribution in [3.8, 4) is 6.07 Å². The van der Waals surface area contributed by atoms with E-state index in [9.17, 15) is 22.0 Å². The molecule has 1 saturated heterocycles. The number of nitrogens with zero attached hydrogens (tertiary/aromatic N) is 1. The molecule has 1 fully saturated rings. The van der Waals surface area contributed by atoms with E-state index in [1.54, 1.807) is 0 Å². The number of rotatable bonds is 6. The van der Waals surface area contributed by atoms with Gasteiger partial charge in [0.2, 0.25) is 0 Å².